The maximum Gasteiger partial charge on any atom is 0.230 e. The molecule has 1 aliphatic carbocycles. The number of anilines is 1. The molecule has 1 saturated heterocycles. The highest BCUT2D eigenvalue weighted by Gasteiger charge is 2.41. The van der Waals surface area contributed by atoms with Crippen LogP contribution in [0.1, 0.15) is 19.3 Å². The molecule has 2 aliphatic rings. The van der Waals surface area contributed by atoms with E-state index in [9.17, 15) is 14.0 Å². The Labute approximate surface area is 142 Å². The van der Waals surface area contributed by atoms with Gasteiger partial charge in [0.25, 0.3) is 0 Å². The van der Waals surface area contributed by atoms with E-state index in [1.807, 2.05) is 4.90 Å². The lowest BCUT2D eigenvalue weighted by molar-refractivity contribution is -0.128. The highest BCUT2D eigenvalue weighted by Crippen LogP contribution is 2.34. The average Bonchev–Trinajstić information content (AvgIpc) is 3.18. The first-order chi connectivity index (χ1) is 11.6. The minimum atomic E-state index is -0.318. The third-order valence-corrected chi connectivity index (χ3v) is 5.18. The molecule has 1 N–H and O–H groups in total. The minimum absolute atomic E-state index is 0.0701. The second-order valence-corrected chi connectivity index (χ2v) is 7.06. The van der Waals surface area contributed by atoms with Crippen molar-refractivity contribution in [2.24, 2.45) is 5.92 Å². The second kappa shape index (κ2) is 5.98. The first kappa shape index (κ1) is 15.3. The fourth-order valence-corrected chi connectivity index (χ4v) is 3.71. The molecular weight excluding hydrogens is 329 g/mol. The van der Waals surface area contributed by atoms with E-state index >= 15 is 0 Å². The van der Waals surface area contributed by atoms with Crippen LogP contribution in [0.2, 0.25) is 0 Å². The van der Waals surface area contributed by atoms with Crippen LogP contribution in [0.25, 0.3) is 11.3 Å². The maximum absolute atomic E-state index is 13.1. The van der Waals surface area contributed by atoms with Gasteiger partial charge in [-0.2, -0.15) is 0 Å². The molecule has 0 spiro atoms. The summed E-state index contributed by atoms with van der Waals surface area (Å²) < 4.78 is 13.1. The Morgan fingerprint density at radius 2 is 2.04 bits per heavy atom. The van der Waals surface area contributed by atoms with Gasteiger partial charge in [0, 0.05) is 24.6 Å². The molecule has 1 aromatic heterocycles. The lowest BCUT2D eigenvalue weighted by Gasteiger charge is -2.15. The summed E-state index contributed by atoms with van der Waals surface area (Å²) in [5.41, 5.74) is 3.01. The fraction of sp³-hybridized carbons (Fsp3) is 0.353. The van der Waals surface area contributed by atoms with Crippen LogP contribution >= 0.6 is 11.3 Å². The van der Waals surface area contributed by atoms with E-state index in [0.29, 0.717) is 23.3 Å². The smallest absolute Gasteiger partial charge is 0.230 e. The first-order valence-electron chi connectivity index (χ1n) is 7.91. The summed E-state index contributed by atoms with van der Waals surface area (Å²) >= 11 is 1.32. The van der Waals surface area contributed by atoms with Crippen LogP contribution in [0.15, 0.2) is 29.8 Å². The monoisotopic (exact) mass is 345 g/mol. The van der Waals surface area contributed by atoms with Gasteiger partial charge in [0.05, 0.1) is 11.4 Å². The fourth-order valence-electron chi connectivity index (χ4n) is 3.01. The van der Waals surface area contributed by atoms with E-state index in [0.717, 1.165) is 18.4 Å². The maximum atomic E-state index is 13.1. The minimum Gasteiger partial charge on any atom is -0.339 e. The molecule has 4 rings (SSSR count). The number of carbonyl (C=O) groups excluding carboxylic acids is 2. The number of benzene rings is 1. The van der Waals surface area contributed by atoms with E-state index in [1.54, 1.807) is 17.6 Å². The Hall–Kier alpha value is -2.28. The molecule has 124 valence electrons. The quantitative estimate of drug-likeness (QED) is 0.927. The molecule has 2 amide bonds. The van der Waals surface area contributed by atoms with Crippen LogP contribution in [0.3, 0.4) is 0 Å². The molecule has 1 aliphatic heterocycles. The van der Waals surface area contributed by atoms with Crippen molar-refractivity contribution in [1.82, 2.24) is 9.88 Å². The molecule has 2 heterocycles. The summed E-state index contributed by atoms with van der Waals surface area (Å²) in [4.78, 5) is 30.6. The van der Waals surface area contributed by atoms with Crippen molar-refractivity contribution < 1.29 is 14.0 Å². The molecule has 2 aromatic rings. The highest BCUT2D eigenvalue weighted by molar-refractivity contribution is 7.14. The zero-order chi connectivity index (χ0) is 16.7. The normalized spacial score (nSPS) is 20.5. The van der Waals surface area contributed by atoms with Gasteiger partial charge in [-0.1, -0.05) is 0 Å². The van der Waals surface area contributed by atoms with Crippen LogP contribution in [0, 0.1) is 11.7 Å². The zero-order valence-corrected chi connectivity index (χ0v) is 13.7. The number of hydrogen-bond acceptors (Lipinski definition) is 4. The van der Waals surface area contributed by atoms with Gasteiger partial charge >= 0.3 is 0 Å². The standard InChI is InChI=1S/C17H16FN3O2S/c18-12-3-1-10(2-4-12)15-17(24-9-19-15)20-16(23)11-7-14(22)21(8-11)13-5-6-13/h1-4,9,11,13H,5-8H2,(H,20,23). The number of likely N-dealkylation sites (tertiary alicyclic amines) is 1. The van der Waals surface area contributed by atoms with E-state index in [1.165, 1.54) is 23.5 Å². The molecule has 1 saturated carbocycles. The van der Waals surface area contributed by atoms with Gasteiger partial charge in [-0.05, 0) is 37.1 Å². The van der Waals surface area contributed by atoms with Crippen molar-refractivity contribution in [2.75, 3.05) is 11.9 Å². The number of aromatic nitrogens is 1. The molecule has 1 unspecified atom stereocenters. The summed E-state index contributed by atoms with van der Waals surface area (Å²) in [5.74, 6) is -0.717. The van der Waals surface area contributed by atoms with Crippen molar-refractivity contribution in [1.29, 1.82) is 0 Å². The molecule has 2 fully saturated rings. The summed E-state index contributed by atoms with van der Waals surface area (Å²) in [7, 11) is 0. The number of rotatable bonds is 4. The van der Waals surface area contributed by atoms with Crippen molar-refractivity contribution in [3.63, 3.8) is 0 Å². The van der Waals surface area contributed by atoms with Crippen LogP contribution in [0.4, 0.5) is 9.39 Å². The predicted molar refractivity (Wildman–Crippen MR) is 89.0 cm³/mol. The van der Waals surface area contributed by atoms with Gasteiger partial charge in [-0.3, -0.25) is 9.59 Å². The Morgan fingerprint density at radius 3 is 2.75 bits per heavy atom. The molecule has 5 nitrogen and oxygen atoms in total. The third kappa shape index (κ3) is 2.91. The van der Waals surface area contributed by atoms with E-state index < -0.39 is 0 Å². The van der Waals surface area contributed by atoms with Gasteiger partial charge in [-0.25, -0.2) is 9.37 Å². The van der Waals surface area contributed by atoms with Gasteiger partial charge in [0.1, 0.15) is 16.5 Å². The van der Waals surface area contributed by atoms with Gasteiger partial charge in [0.2, 0.25) is 11.8 Å². The van der Waals surface area contributed by atoms with Crippen LogP contribution in [-0.2, 0) is 9.59 Å². The van der Waals surface area contributed by atoms with Crippen molar-refractivity contribution in [2.45, 2.75) is 25.3 Å². The molecule has 0 radical (unpaired) electrons. The number of thiazole rings is 1. The number of nitrogens with one attached hydrogen (secondary N) is 1. The van der Waals surface area contributed by atoms with E-state index in [-0.39, 0.29) is 30.0 Å². The summed E-state index contributed by atoms with van der Waals surface area (Å²) in [6, 6.07) is 6.34. The Kier molecular flexibility index (Phi) is 3.80. The molecule has 1 atom stereocenters. The van der Waals surface area contributed by atoms with Crippen LogP contribution < -0.4 is 5.32 Å². The van der Waals surface area contributed by atoms with Gasteiger partial charge < -0.3 is 10.2 Å². The largest absolute Gasteiger partial charge is 0.339 e. The number of carbonyl (C=O) groups is 2. The number of hydrogen-bond donors (Lipinski definition) is 1. The number of amides is 2. The SMILES string of the molecule is O=C(Nc1scnc1-c1ccc(F)cc1)C1CC(=O)N(C2CC2)C1. The number of halogens is 1. The summed E-state index contributed by atoms with van der Waals surface area (Å²) in [6.07, 6.45) is 2.36. The Bertz CT molecular complexity index is 785. The van der Waals surface area contributed by atoms with Crippen molar-refractivity contribution >= 4 is 28.2 Å². The molecule has 1 aromatic carbocycles. The molecule has 0 bridgehead atoms. The van der Waals surface area contributed by atoms with Crippen molar-refractivity contribution in [3.05, 3.63) is 35.6 Å². The molecule has 7 heteroatoms. The first-order valence-corrected chi connectivity index (χ1v) is 8.79. The lowest BCUT2D eigenvalue weighted by atomic mass is 10.1. The third-order valence-electron chi connectivity index (χ3n) is 4.44. The topological polar surface area (TPSA) is 62.3 Å². The van der Waals surface area contributed by atoms with Crippen LogP contribution in [0.5, 0.6) is 0 Å². The Morgan fingerprint density at radius 1 is 1.29 bits per heavy atom. The van der Waals surface area contributed by atoms with Gasteiger partial charge in [0.15, 0.2) is 0 Å². The number of nitrogens with zero attached hydrogens (tertiary/aromatic N) is 2. The average molecular weight is 345 g/mol. The van der Waals surface area contributed by atoms with E-state index in [2.05, 4.69) is 10.3 Å². The molecular formula is C17H16FN3O2S. The zero-order valence-electron chi connectivity index (χ0n) is 12.9. The highest BCUT2D eigenvalue weighted by atomic mass is 32.1. The Balaban J connectivity index is 1.48. The summed E-state index contributed by atoms with van der Waals surface area (Å²) in [5, 5.41) is 3.52. The molecule has 24 heavy (non-hydrogen) atoms. The predicted octanol–water partition coefficient (Wildman–Crippen LogP) is 2.90. The van der Waals surface area contributed by atoms with E-state index in [4.69, 9.17) is 0 Å². The van der Waals surface area contributed by atoms with Gasteiger partial charge in [-0.15, -0.1) is 11.3 Å². The lowest BCUT2D eigenvalue weighted by Crippen LogP contribution is -2.29. The van der Waals surface area contributed by atoms with Crippen molar-refractivity contribution in [3.8, 4) is 11.3 Å². The summed E-state index contributed by atoms with van der Waals surface area (Å²) in [6.45, 7) is 0.500. The second-order valence-electron chi connectivity index (χ2n) is 6.20. The van der Waals surface area contributed by atoms with Crippen LogP contribution in [-0.4, -0.2) is 34.3 Å².